The summed E-state index contributed by atoms with van der Waals surface area (Å²) in [6.07, 6.45) is 0.332. The maximum atomic E-state index is 9.35. The zero-order chi connectivity index (χ0) is 13.7. The van der Waals surface area contributed by atoms with Crippen molar-refractivity contribution >= 4 is 23.2 Å². The molecule has 102 valence electrons. The van der Waals surface area contributed by atoms with Crippen molar-refractivity contribution < 1.29 is 5.11 Å². The predicted octanol–water partition coefficient (Wildman–Crippen LogP) is 2.74. The van der Waals surface area contributed by atoms with Crippen LogP contribution in [0.2, 0.25) is 10.0 Å². The van der Waals surface area contributed by atoms with Crippen molar-refractivity contribution in [2.75, 3.05) is 6.54 Å². The van der Waals surface area contributed by atoms with Gasteiger partial charge in [0.15, 0.2) is 0 Å². The van der Waals surface area contributed by atoms with E-state index in [1.807, 2.05) is 19.1 Å². The minimum absolute atomic E-state index is 0.0186. The first-order valence-corrected chi connectivity index (χ1v) is 6.78. The molecule has 0 aliphatic heterocycles. The van der Waals surface area contributed by atoms with Gasteiger partial charge in [-0.05, 0) is 44.0 Å². The lowest BCUT2D eigenvalue weighted by Crippen LogP contribution is -2.36. The Labute approximate surface area is 118 Å². The molecule has 3 nitrogen and oxygen atoms in total. The molecule has 0 saturated carbocycles. The maximum Gasteiger partial charge on any atom is 0.0526 e. The summed E-state index contributed by atoms with van der Waals surface area (Å²) in [5.74, 6) is 0. The lowest BCUT2D eigenvalue weighted by molar-refractivity contribution is 0.168. The molecule has 1 aromatic rings. The number of aliphatic hydroxyl groups excluding tert-OH is 1. The van der Waals surface area contributed by atoms with Gasteiger partial charge in [0.1, 0.15) is 0 Å². The Bertz CT molecular complexity index is 365. The van der Waals surface area contributed by atoms with Gasteiger partial charge in [0, 0.05) is 28.7 Å². The summed E-state index contributed by atoms with van der Waals surface area (Å²) in [6, 6.07) is 5.55. The number of aliphatic hydroxyl groups is 1. The molecule has 0 radical (unpaired) electrons. The third kappa shape index (κ3) is 5.12. The SMILES string of the molecule is CC(O)CC(C)NC(CN)c1cc(Cl)cc(Cl)c1. The van der Waals surface area contributed by atoms with Crippen molar-refractivity contribution in [3.05, 3.63) is 33.8 Å². The molecular weight excluding hydrogens is 271 g/mol. The summed E-state index contributed by atoms with van der Waals surface area (Å²) in [4.78, 5) is 0. The smallest absolute Gasteiger partial charge is 0.0526 e. The summed E-state index contributed by atoms with van der Waals surface area (Å²) in [5.41, 5.74) is 6.74. The molecule has 3 unspecified atom stereocenters. The van der Waals surface area contributed by atoms with Crippen LogP contribution in [0, 0.1) is 0 Å². The van der Waals surface area contributed by atoms with Gasteiger partial charge in [0.25, 0.3) is 0 Å². The molecule has 4 N–H and O–H groups in total. The molecular formula is C13H20Cl2N2O. The van der Waals surface area contributed by atoms with Gasteiger partial charge in [-0.2, -0.15) is 0 Å². The fraction of sp³-hybridized carbons (Fsp3) is 0.538. The van der Waals surface area contributed by atoms with E-state index in [0.29, 0.717) is 23.0 Å². The molecule has 18 heavy (non-hydrogen) atoms. The Hall–Kier alpha value is -0.320. The molecule has 0 fully saturated rings. The van der Waals surface area contributed by atoms with Gasteiger partial charge in [0.2, 0.25) is 0 Å². The summed E-state index contributed by atoms with van der Waals surface area (Å²) in [7, 11) is 0. The molecule has 0 amide bonds. The van der Waals surface area contributed by atoms with E-state index in [1.54, 1.807) is 13.0 Å². The number of nitrogens with one attached hydrogen (secondary N) is 1. The Morgan fingerprint density at radius 2 is 1.78 bits per heavy atom. The van der Waals surface area contributed by atoms with Crippen LogP contribution in [-0.4, -0.2) is 23.8 Å². The van der Waals surface area contributed by atoms with E-state index >= 15 is 0 Å². The lowest BCUT2D eigenvalue weighted by atomic mass is 10.0. The highest BCUT2D eigenvalue weighted by Gasteiger charge is 2.15. The second-order valence-corrected chi connectivity index (χ2v) is 5.52. The van der Waals surface area contributed by atoms with Crippen LogP contribution in [0.1, 0.15) is 31.9 Å². The first-order chi connectivity index (χ1) is 8.42. The van der Waals surface area contributed by atoms with Crippen molar-refractivity contribution in [3.8, 4) is 0 Å². The lowest BCUT2D eigenvalue weighted by Gasteiger charge is -2.23. The van der Waals surface area contributed by atoms with Gasteiger partial charge < -0.3 is 16.2 Å². The van der Waals surface area contributed by atoms with Crippen LogP contribution in [0.3, 0.4) is 0 Å². The zero-order valence-electron chi connectivity index (χ0n) is 10.7. The Morgan fingerprint density at radius 1 is 1.22 bits per heavy atom. The van der Waals surface area contributed by atoms with Crippen molar-refractivity contribution in [1.82, 2.24) is 5.32 Å². The highest BCUT2D eigenvalue weighted by molar-refractivity contribution is 6.34. The van der Waals surface area contributed by atoms with Crippen molar-refractivity contribution in [2.24, 2.45) is 5.73 Å². The standard InChI is InChI=1S/C13H20Cl2N2O/c1-8(3-9(2)18)17-13(7-16)10-4-11(14)6-12(15)5-10/h4-6,8-9,13,17-18H,3,7,16H2,1-2H3. The normalized spacial score (nSPS) is 16.3. The van der Waals surface area contributed by atoms with E-state index in [2.05, 4.69) is 5.32 Å². The third-order valence-corrected chi connectivity index (χ3v) is 3.14. The number of halogens is 2. The molecule has 0 aliphatic rings. The first kappa shape index (κ1) is 15.7. The van der Waals surface area contributed by atoms with Crippen molar-refractivity contribution in [2.45, 2.75) is 38.5 Å². The van der Waals surface area contributed by atoms with Crippen LogP contribution < -0.4 is 11.1 Å². The first-order valence-electron chi connectivity index (χ1n) is 6.02. The number of nitrogens with two attached hydrogens (primary N) is 1. The maximum absolute atomic E-state index is 9.35. The number of hydrogen-bond acceptors (Lipinski definition) is 3. The van der Waals surface area contributed by atoms with E-state index in [4.69, 9.17) is 28.9 Å². The topological polar surface area (TPSA) is 58.3 Å². The van der Waals surface area contributed by atoms with Crippen LogP contribution in [0.5, 0.6) is 0 Å². The Morgan fingerprint density at radius 3 is 2.22 bits per heavy atom. The summed E-state index contributed by atoms with van der Waals surface area (Å²) in [5, 5.41) is 13.9. The second-order valence-electron chi connectivity index (χ2n) is 4.64. The fourth-order valence-electron chi connectivity index (χ4n) is 2.00. The van der Waals surface area contributed by atoms with Crippen LogP contribution in [0.15, 0.2) is 18.2 Å². The van der Waals surface area contributed by atoms with Crippen LogP contribution in [0.4, 0.5) is 0 Å². The van der Waals surface area contributed by atoms with Gasteiger partial charge in [0.05, 0.1) is 6.10 Å². The van der Waals surface area contributed by atoms with Crippen molar-refractivity contribution in [3.63, 3.8) is 0 Å². The third-order valence-electron chi connectivity index (χ3n) is 2.70. The predicted molar refractivity (Wildman–Crippen MR) is 77.2 cm³/mol. The van der Waals surface area contributed by atoms with E-state index in [0.717, 1.165) is 5.56 Å². The highest BCUT2D eigenvalue weighted by atomic mass is 35.5. The molecule has 5 heteroatoms. The minimum atomic E-state index is -0.339. The van der Waals surface area contributed by atoms with E-state index in [-0.39, 0.29) is 18.2 Å². The van der Waals surface area contributed by atoms with Gasteiger partial charge >= 0.3 is 0 Å². The monoisotopic (exact) mass is 290 g/mol. The molecule has 3 atom stereocenters. The molecule has 0 aliphatic carbocycles. The van der Waals surface area contributed by atoms with Crippen LogP contribution in [0.25, 0.3) is 0 Å². The Kier molecular flexibility index (Phi) is 6.39. The zero-order valence-corrected chi connectivity index (χ0v) is 12.2. The number of benzene rings is 1. The Balaban J connectivity index is 2.76. The van der Waals surface area contributed by atoms with Gasteiger partial charge in [-0.3, -0.25) is 0 Å². The summed E-state index contributed by atoms with van der Waals surface area (Å²) >= 11 is 12.0. The highest BCUT2D eigenvalue weighted by Crippen LogP contribution is 2.23. The number of hydrogen-bond donors (Lipinski definition) is 3. The largest absolute Gasteiger partial charge is 0.393 e. The average molecular weight is 291 g/mol. The van der Waals surface area contributed by atoms with Crippen LogP contribution >= 0.6 is 23.2 Å². The van der Waals surface area contributed by atoms with E-state index in [9.17, 15) is 5.11 Å². The number of rotatable bonds is 6. The molecule has 0 heterocycles. The van der Waals surface area contributed by atoms with Crippen LogP contribution in [-0.2, 0) is 0 Å². The molecule has 0 bridgehead atoms. The van der Waals surface area contributed by atoms with E-state index in [1.165, 1.54) is 0 Å². The van der Waals surface area contributed by atoms with Gasteiger partial charge in [-0.25, -0.2) is 0 Å². The van der Waals surface area contributed by atoms with Gasteiger partial charge in [-0.1, -0.05) is 23.2 Å². The summed E-state index contributed by atoms with van der Waals surface area (Å²) in [6.45, 7) is 4.23. The van der Waals surface area contributed by atoms with Crippen molar-refractivity contribution in [1.29, 1.82) is 0 Å². The second kappa shape index (κ2) is 7.31. The summed E-state index contributed by atoms with van der Waals surface area (Å²) < 4.78 is 0. The average Bonchev–Trinajstić information content (AvgIpc) is 2.23. The quantitative estimate of drug-likeness (QED) is 0.755. The van der Waals surface area contributed by atoms with E-state index < -0.39 is 0 Å². The molecule has 1 aromatic carbocycles. The minimum Gasteiger partial charge on any atom is -0.393 e. The fourth-order valence-corrected chi connectivity index (χ4v) is 2.54. The van der Waals surface area contributed by atoms with Gasteiger partial charge in [-0.15, -0.1) is 0 Å². The molecule has 1 rings (SSSR count). The molecule has 0 spiro atoms. The molecule has 0 aromatic heterocycles. The molecule has 0 saturated heterocycles.